The molecule has 0 saturated heterocycles. The van der Waals surface area contributed by atoms with Gasteiger partial charge < -0.3 is 4.74 Å². The maximum atomic E-state index is 12.0. The quantitative estimate of drug-likeness (QED) is 0.621. The molecule has 0 fully saturated rings. The fraction of sp³-hybridized carbons (Fsp3) is 0.333. The van der Waals surface area contributed by atoms with Crippen LogP contribution in [0.25, 0.3) is 10.8 Å². The molecule has 2 rings (SSSR count). The van der Waals surface area contributed by atoms with E-state index in [-0.39, 0.29) is 18.3 Å². The summed E-state index contributed by atoms with van der Waals surface area (Å²) in [5, 5.41) is 2.25. The van der Waals surface area contributed by atoms with Gasteiger partial charge in [-0.05, 0) is 30.2 Å². The van der Waals surface area contributed by atoms with Crippen LogP contribution in [0, 0.1) is 5.92 Å². The second kappa shape index (κ2) is 6.53. The van der Waals surface area contributed by atoms with Crippen molar-refractivity contribution in [1.82, 2.24) is 0 Å². The molecule has 0 aliphatic carbocycles. The van der Waals surface area contributed by atoms with Gasteiger partial charge in [-0.1, -0.05) is 49.4 Å². The third kappa shape index (κ3) is 3.30. The molecule has 2 unspecified atom stereocenters. The summed E-state index contributed by atoms with van der Waals surface area (Å²) in [7, 11) is 0. The van der Waals surface area contributed by atoms with Crippen molar-refractivity contribution in [3.63, 3.8) is 0 Å². The van der Waals surface area contributed by atoms with Gasteiger partial charge >= 0.3 is 5.97 Å². The van der Waals surface area contributed by atoms with Gasteiger partial charge in [0.15, 0.2) is 0 Å². The molecule has 3 heteroatoms. The van der Waals surface area contributed by atoms with Crippen molar-refractivity contribution in [2.45, 2.75) is 26.7 Å². The molecule has 2 aromatic carbocycles. The summed E-state index contributed by atoms with van der Waals surface area (Å²) < 4.78 is 5.04. The molecule has 0 aromatic heterocycles. The first-order valence-corrected chi connectivity index (χ1v) is 7.20. The Kier molecular flexibility index (Phi) is 4.73. The zero-order valence-electron chi connectivity index (χ0n) is 12.6. The number of esters is 1. The minimum atomic E-state index is -0.744. The van der Waals surface area contributed by atoms with Gasteiger partial charge in [-0.15, -0.1) is 0 Å². The Labute approximate surface area is 124 Å². The molecule has 2 aromatic rings. The minimum absolute atomic E-state index is 0.158. The van der Waals surface area contributed by atoms with Crippen molar-refractivity contribution in [1.29, 1.82) is 0 Å². The molecular weight excluding hydrogens is 264 g/mol. The number of benzene rings is 2. The fourth-order valence-corrected chi connectivity index (χ4v) is 2.64. The number of carbonyl (C=O) groups is 2. The predicted octanol–water partition coefficient (Wildman–Crippen LogP) is 3.71. The van der Waals surface area contributed by atoms with E-state index < -0.39 is 11.9 Å². The van der Waals surface area contributed by atoms with Crippen LogP contribution in [0.1, 0.15) is 32.3 Å². The van der Waals surface area contributed by atoms with E-state index in [1.807, 2.05) is 49.4 Å². The molecular formula is C18H20O3. The van der Waals surface area contributed by atoms with Gasteiger partial charge in [0.2, 0.25) is 0 Å². The van der Waals surface area contributed by atoms with Crippen molar-refractivity contribution in [2.75, 3.05) is 6.61 Å². The average Bonchev–Trinajstić information content (AvgIpc) is 2.46. The van der Waals surface area contributed by atoms with Crippen LogP contribution in [0.15, 0.2) is 42.5 Å². The largest absolute Gasteiger partial charge is 0.465 e. The lowest BCUT2D eigenvalue weighted by molar-refractivity contribution is -0.151. The van der Waals surface area contributed by atoms with Gasteiger partial charge in [0.05, 0.1) is 6.61 Å². The monoisotopic (exact) mass is 284 g/mol. The van der Waals surface area contributed by atoms with Crippen molar-refractivity contribution >= 4 is 22.5 Å². The molecule has 0 aliphatic heterocycles. The predicted molar refractivity (Wildman–Crippen MR) is 83.2 cm³/mol. The van der Waals surface area contributed by atoms with Gasteiger partial charge in [0.25, 0.3) is 0 Å². The van der Waals surface area contributed by atoms with Gasteiger partial charge in [-0.3, -0.25) is 9.59 Å². The Hall–Kier alpha value is -2.16. The smallest absolute Gasteiger partial charge is 0.317 e. The lowest BCUT2D eigenvalue weighted by Crippen LogP contribution is -2.29. The summed E-state index contributed by atoms with van der Waals surface area (Å²) in [5.74, 6) is -1.54. The number of ether oxygens (including phenoxy) is 1. The molecule has 0 bridgehead atoms. The standard InChI is InChI=1S/C18H20O3/c1-4-21-18(20)17(13(3)19)12(2)15-10-9-14-7-5-6-8-16(14)11-15/h5-12,17H,4H2,1-3H3. The number of hydrogen-bond acceptors (Lipinski definition) is 3. The van der Waals surface area contributed by atoms with Gasteiger partial charge in [0.1, 0.15) is 11.7 Å². The molecule has 21 heavy (non-hydrogen) atoms. The molecule has 0 N–H and O–H groups in total. The van der Waals surface area contributed by atoms with E-state index in [0.717, 1.165) is 16.3 Å². The summed E-state index contributed by atoms with van der Waals surface area (Å²) >= 11 is 0. The second-order valence-corrected chi connectivity index (χ2v) is 5.24. The number of Topliss-reactive ketones (excluding diaryl/α,β-unsaturated/α-hetero) is 1. The van der Waals surface area contributed by atoms with Crippen LogP contribution < -0.4 is 0 Å². The number of fused-ring (bicyclic) bond motifs is 1. The van der Waals surface area contributed by atoms with Crippen LogP contribution in [0.2, 0.25) is 0 Å². The van der Waals surface area contributed by atoms with Crippen molar-refractivity contribution in [2.24, 2.45) is 5.92 Å². The van der Waals surface area contributed by atoms with Gasteiger partial charge in [-0.2, -0.15) is 0 Å². The van der Waals surface area contributed by atoms with Crippen molar-refractivity contribution in [3.8, 4) is 0 Å². The van der Waals surface area contributed by atoms with E-state index in [4.69, 9.17) is 4.74 Å². The molecule has 0 radical (unpaired) electrons. The lowest BCUT2D eigenvalue weighted by atomic mass is 9.84. The Morgan fingerprint density at radius 3 is 2.38 bits per heavy atom. The topological polar surface area (TPSA) is 43.4 Å². The zero-order valence-corrected chi connectivity index (χ0v) is 12.6. The normalized spacial score (nSPS) is 13.7. The van der Waals surface area contributed by atoms with Crippen LogP contribution in [0.5, 0.6) is 0 Å². The summed E-state index contributed by atoms with van der Waals surface area (Å²) in [4.78, 5) is 23.9. The van der Waals surface area contributed by atoms with Crippen LogP contribution in [0.3, 0.4) is 0 Å². The number of carbonyl (C=O) groups excluding carboxylic acids is 2. The number of ketones is 1. The Morgan fingerprint density at radius 2 is 1.76 bits per heavy atom. The lowest BCUT2D eigenvalue weighted by Gasteiger charge is -2.20. The summed E-state index contributed by atoms with van der Waals surface area (Å²) in [6.07, 6.45) is 0. The maximum Gasteiger partial charge on any atom is 0.317 e. The molecule has 0 saturated carbocycles. The van der Waals surface area contributed by atoms with E-state index in [1.54, 1.807) is 6.92 Å². The third-order valence-corrected chi connectivity index (χ3v) is 3.78. The van der Waals surface area contributed by atoms with Gasteiger partial charge in [-0.25, -0.2) is 0 Å². The third-order valence-electron chi connectivity index (χ3n) is 3.78. The second-order valence-electron chi connectivity index (χ2n) is 5.24. The highest BCUT2D eigenvalue weighted by Gasteiger charge is 2.31. The molecule has 0 aliphatic rings. The van der Waals surface area contributed by atoms with Gasteiger partial charge in [0, 0.05) is 5.92 Å². The van der Waals surface area contributed by atoms with Crippen molar-refractivity contribution < 1.29 is 14.3 Å². The molecule has 0 spiro atoms. The van der Waals surface area contributed by atoms with E-state index >= 15 is 0 Å². The number of rotatable bonds is 5. The molecule has 0 heterocycles. The SMILES string of the molecule is CCOC(=O)C(C(C)=O)C(C)c1ccc2ccccc2c1. The highest BCUT2D eigenvalue weighted by molar-refractivity contribution is 5.99. The van der Waals surface area contributed by atoms with E-state index in [2.05, 4.69) is 0 Å². The van der Waals surface area contributed by atoms with E-state index in [0.29, 0.717) is 0 Å². The van der Waals surface area contributed by atoms with E-state index in [9.17, 15) is 9.59 Å². The van der Waals surface area contributed by atoms with E-state index in [1.165, 1.54) is 6.92 Å². The van der Waals surface area contributed by atoms with Crippen LogP contribution in [-0.2, 0) is 14.3 Å². The number of hydrogen-bond donors (Lipinski definition) is 0. The Morgan fingerprint density at radius 1 is 1.10 bits per heavy atom. The van der Waals surface area contributed by atoms with Crippen LogP contribution >= 0.6 is 0 Å². The first-order chi connectivity index (χ1) is 10.0. The summed E-state index contributed by atoms with van der Waals surface area (Å²) in [6.45, 7) is 5.37. The highest BCUT2D eigenvalue weighted by atomic mass is 16.5. The molecule has 110 valence electrons. The zero-order chi connectivity index (χ0) is 15.4. The van der Waals surface area contributed by atoms with Crippen molar-refractivity contribution in [3.05, 3.63) is 48.0 Å². The first-order valence-electron chi connectivity index (χ1n) is 7.20. The minimum Gasteiger partial charge on any atom is -0.465 e. The molecule has 3 nitrogen and oxygen atoms in total. The van der Waals surface area contributed by atoms with Crippen LogP contribution in [-0.4, -0.2) is 18.4 Å². The Balaban J connectivity index is 2.36. The van der Waals surface area contributed by atoms with Crippen LogP contribution in [0.4, 0.5) is 0 Å². The first kappa shape index (κ1) is 15.2. The molecule has 0 amide bonds. The molecule has 2 atom stereocenters. The summed E-state index contributed by atoms with van der Waals surface area (Å²) in [6, 6.07) is 14.1. The highest BCUT2D eigenvalue weighted by Crippen LogP contribution is 2.29. The summed E-state index contributed by atoms with van der Waals surface area (Å²) in [5.41, 5.74) is 0.974. The Bertz CT molecular complexity index is 660. The average molecular weight is 284 g/mol. The maximum absolute atomic E-state index is 12.0. The fourth-order valence-electron chi connectivity index (χ4n) is 2.64.